The summed E-state index contributed by atoms with van der Waals surface area (Å²) in [6.45, 7) is 4.34. The molecule has 116 valence electrons. The maximum atomic E-state index is 4.71. The third kappa shape index (κ3) is 3.75. The van der Waals surface area contributed by atoms with Gasteiger partial charge >= 0.3 is 0 Å². The molecule has 0 amide bonds. The van der Waals surface area contributed by atoms with Gasteiger partial charge in [-0.05, 0) is 31.4 Å². The molecule has 0 spiro atoms. The van der Waals surface area contributed by atoms with E-state index in [-0.39, 0.29) is 6.04 Å². The van der Waals surface area contributed by atoms with E-state index in [1.165, 1.54) is 31.2 Å². The van der Waals surface area contributed by atoms with Gasteiger partial charge in [0.1, 0.15) is 5.82 Å². The highest BCUT2D eigenvalue weighted by molar-refractivity contribution is 5.43. The van der Waals surface area contributed by atoms with Crippen molar-refractivity contribution in [1.29, 1.82) is 0 Å². The van der Waals surface area contributed by atoms with Crippen molar-refractivity contribution in [3.63, 3.8) is 0 Å². The molecule has 0 aliphatic carbocycles. The van der Waals surface area contributed by atoms with Gasteiger partial charge in [0, 0.05) is 19.3 Å². The monoisotopic (exact) mass is 296 g/mol. The Kier molecular flexibility index (Phi) is 4.88. The van der Waals surface area contributed by atoms with Crippen molar-refractivity contribution in [2.75, 3.05) is 23.3 Å². The van der Waals surface area contributed by atoms with Crippen LogP contribution in [-0.4, -0.2) is 23.1 Å². The molecular weight excluding hydrogens is 272 g/mol. The summed E-state index contributed by atoms with van der Waals surface area (Å²) in [5.74, 6) is 1.75. The highest BCUT2D eigenvalue weighted by atomic mass is 15.2. The average Bonchev–Trinajstić information content (AvgIpc) is 2.85. The molecule has 4 heteroatoms. The topological polar surface area (TPSA) is 41.1 Å². The lowest BCUT2D eigenvalue weighted by Crippen LogP contribution is -2.25. The molecule has 1 aliphatic rings. The summed E-state index contributed by atoms with van der Waals surface area (Å²) in [7, 11) is 0. The minimum atomic E-state index is 0.195. The van der Waals surface area contributed by atoms with E-state index >= 15 is 0 Å². The fourth-order valence-corrected chi connectivity index (χ4v) is 2.91. The second-order valence-corrected chi connectivity index (χ2v) is 5.92. The molecule has 22 heavy (non-hydrogen) atoms. The van der Waals surface area contributed by atoms with E-state index in [1.54, 1.807) is 0 Å². The molecule has 3 rings (SSSR count). The Labute approximate surface area is 132 Å². The van der Waals surface area contributed by atoms with E-state index < -0.39 is 0 Å². The standard InChI is InChI=1S/C18H24N4/c1-15(16-9-5-4-6-10-16)20-18-19-12-11-17(21-18)22-13-7-2-3-8-14-22/h4-6,9-12,15H,2-3,7-8,13-14H2,1H3,(H,19,20,21). The van der Waals surface area contributed by atoms with Crippen LogP contribution in [0.15, 0.2) is 42.6 Å². The van der Waals surface area contributed by atoms with Gasteiger partial charge in [0.15, 0.2) is 0 Å². The zero-order chi connectivity index (χ0) is 15.2. The lowest BCUT2D eigenvalue weighted by molar-refractivity contribution is 0.726. The van der Waals surface area contributed by atoms with E-state index in [2.05, 4.69) is 46.4 Å². The van der Waals surface area contributed by atoms with E-state index in [1.807, 2.05) is 18.3 Å². The summed E-state index contributed by atoms with van der Waals surface area (Å²) in [5, 5.41) is 3.40. The number of anilines is 2. The molecule has 2 heterocycles. The summed E-state index contributed by atoms with van der Waals surface area (Å²) in [4.78, 5) is 11.5. The van der Waals surface area contributed by atoms with E-state index in [0.717, 1.165) is 18.9 Å². The Morgan fingerprint density at radius 1 is 1.00 bits per heavy atom. The molecule has 1 saturated heterocycles. The predicted molar refractivity (Wildman–Crippen MR) is 91.2 cm³/mol. The van der Waals surface area contributed by atoms with Gasteiger partial charge in [-0.25, -0.2) is 4.98 Å². The van der Waals surface area contributed by atoms with Crippen LogP contribution in [0.4, 0.5) is 11.8 Å². The van der Waals surface area contributed by atoms with Gasteiger partial charge in [-0.15, -0.1) is 0 Å². The Morgan fingerprint density at radius 2 is 1.73 bits per heavy atom. The highest BCUT2D eigenvalue weighted by Crippen LogP contribution is 2.20. The zero-order valence-corrected chi connectivity index (χ0v) is 13.2. The van der Waals surface area contributed by atoms with Crippen LogP contribution in [0.3, 0.4) is 0 Å². The first-order chi connectivity index (χ1) is 10.8. The Bertz CT molecular complexity index is 577. The first-order valence-corrected chi connectivity index (χ1v) is 8.22. The number of nitrogens with one attached hydrogen (secondary N) is 1. The predicted octanol–water partition coefficient (Wildman–Crippen LogP) is 4.03. The smallest absolute Gasteiger partial charge is 0.225 e. The van der Waals surface area contributed by atoms with Gasteiger partial charge in [0.05, 0.1) is 6.04 Å². The van der Waals surface area contributed by atoms with Crippen LogP contribution in [0.2, 0.25) is 0 Å². The quantitative estimate of drug-likeness (QED) is 0.925. The number of rotatable bonds is 4. The third-order valence-corrected chi connectivity index (χ3v) is 4.22. The van der Waals surface area contributed by atoms with Crippen LogP contribution in [0, 0.1) is 0 Å². The van der Waals surface area contributed by atoms with Gasteiger partial charge in [0.25, 0.3) is 0 Å². The van der Waals surface area contributed by atoms with Gasteiger partial charge in [-0.1, -0.05) is 43.2 Å². The number of nitrogens with zero attached hydrogens (tertiary/aromatic N) is 3. The number of hydrogen-bond acceptors (Lipinski definition) is 4. The first kappa shape index (κ1) is 14.8. The molecule has 1 aromatic heterocycles. The zero-order valence-electron chi connectivity index (χ0n) is 13.2. The maximum absolute atomic E-state index is 4.71. The molecule has 0 saturated carbocycles. The van der Waals surface area contributed by atoms with Gasteiger partial charge in [0.2, 0.25) is 5.95 Å². The fraction of sp³-hybridized carbons (Fsp3) is 0.444. The molecule has 2 aromatic rings. The number of aromatic nitrogens is 2. The van der Waals surface area contributed by atoms with Crippen molar-refractivity contribution in [1.82, 2.24) is 9.97 Å². The first-order valence-electron chi connectivity index (χ1n) is 8.22. The van der Waals surface area contributed by atoms with Gasteiger partial charge < -0.3 is 10.2 Å². The van der Waals surface area contributed by atoms with Gasteiger partial charge in [-0.3, -0.25) is 0 Å². The molecule has 0 radical (unpaired) electrons. The van der Waals surface area contributed by atoms with Crippen LogP contribution in [0.1, 0.15) is 44.2 Å². The Balaban J connectivity index is 1.70. The summed E-state index contributed by atoms with van der Waals surface area (Å²) in [5.41, 5.74) is 1.24. The molecule has 1 unspecified atom stereocenters. The lowest BCUT2D eigenvalue weighted by Gasteiger charge is -2.22. The summed E-state index contributed by atoms with van der Waals surface area (Å²) in [6, 6.07) is 12.6. The van der Waals surface area contributed by atoms with Gasteiger partial charge in [-0.2, -0.15) is 4.98 Å². The molecule has 4 nitrogen and oxygen atoms in total. The second-order valence-electron chi connectivity index (χ2n) is 5.92. The van der Waals surface area contributed by atoms with Crippen molar-refractivity contribution < 1.29 is 0 Å². The molecule has 1 N–H and O–H groups in total. The Morgan fingerprint density at radius 3 is 2.45 bits per heavy atom. The molecule has 1 aliphatic heterocycles. The van der Waals surface area contributed by atoms with Crippen molar-refractivity contribution in [3.05, 3.63) is 48.2 Å². The van der Waals surface area contributed by atoms with E-state index in [0.29, 0.717) is 5.95 Å². The van der Waals surface area contributed by atoms with Crippen molar-refractivity contribution in [3.8, 4) is 0 Å². The minimum Gasteiger partial charge on any atom is -0.356 e. The largest absolute Gasteiger partial charge is 0.356 e. The van der Waals surface area contributed by atoms with Crippen molar-refractivity contribution >= 4 is 11.8 Å². The molecule has 1 atom stereocenters. The Hall–Kier alpha value is -2.10. The average molecular weight is 296 g/mol. The third-order valence-electron chi connectivity index (χ3n) is 4.22. The lowest BCUT2D eigenvalue weighted by atomic mass is 10.1. The molecule has 0 bridgehead atoms. The summed E-state index contributed by atoms with van der Waals surface area (Å²) >= 11 is 0. The van der Waals surface area contributed by atoms with Crippen molar-refractivity contribution in [2.24, 2.45) is 0 Å². The van der Waals surface area contributed by atoms with E-state index in [9.17, 15) is 0 Å². The van der Waals surface area contributed by atoms with Crippen molar-refractivity contribution in [2.45, 2.75) is 38.6 Å². The summed E-state index contributed by atoms with van der Waals surface area (Å²) in [6.07, 6.45) is 7.03. The molecule has 1 fully saturated rings. The molecule has 1 aromatic carbocycles. The maximum Gasteiger partial charge on any atom is 0.225 e. The van der Waals surface area contributed by atoms with Crippen LogP contribution >= 0.6 is 0 Å². The molecular formula is C18H24N4. The summed E-state index contributed by atoms with van der Waals surface area (Å²) < 4.78 is 0. The number of benzene rings is 1. The minimum absolute atomic E-state index is 0.195. The highest BCUT2D eigenvalue weighted by Gasteiger charge is 2.13. The van der Waals surface area contributed by atoms with Crippen LogP contribution in [-0.2, 0) is 0 Å². The second kappa shape index (κ2) is 7.25. The van der Waals surface area contributed by atoms with Crippen LogP contribution in [0.25, 0.3) is 0 Å². The van der Waals surface area contributed by atoms with Crippen LogP contribution < -0.4 is 10.2 Å². The number of hydrogen-bond donors (Lipinski definition) is 1. The SMILES string of the molecule is CC(Nc1nccc(N2CCCCCC2)n1)c1ccccc1. The fourth-order valence-electron chi connectivity index (χ4n) is 2.91. The van der Waals surface area contributed by atoms with E-state index in [4.69, 9.17) is 4.98 Å². The normalized spacial score (nSPS) is 16.9. The van der Waals surface area contributed by atoms with Crippen LogP contribution in [0.5, 0.6) is 0 Å².